The van der Waals surface area contributed by atoms with Crippen molar-refractivity contribution in [1.29, 1.82) is 0 Å². The molecule has 0 saturated carbocycles. The van der Waals surface area contributed by atoms with E-state index in [4.69, 9.17) is 21.1 Å². The maximum absolute atomic E-state index is 13.1. The van der Waals surface area contributed by atoms with E-state index in [0.29, 0.717) is 24.8 Å². The van der Waals surface area contributed by atoms with Crippen molar-refractivity contribution in [3.63, 3.8) is 0 Å². The zero-order valence-corrected chi connectivity index (χ0v) is 14.6. The molecule has 2 aromatic rings. The Morgan fingerprint density at radius 2 is 1.96 bits per heavy atom. The molecule has 1 fully saturated rings. The van der Waals surface area contributed by atoms with Crippen LogP contribution in [0.25, 0.3) is 0 Å². The van der Waals surface area contributed by atoms with Gasteiger partial charge in [-0.05, 0) is 36.2 Å². The first-order valence-electron chi connectivity index (χ1n) is 8.06. The second-order valence-corrected chi connectivity index (χ2v) is 6.37. The topological polar surface area (TPSA) is 38.8 Å². The fourth-order valence-electron chi connectivity index (χ4n) is 2.94. The van der Waals surface area contributed by atoms with Crippen LogP contribution in [0.15, 0.2) is 42.5 Å². The largest absolute Gasteiger partial charge is 0.497 e. The van der Waals surface area contributed by atoms with Crippen LogP contribution in [0.3, 0.4) is 0 Å². The minimum absolute atomic E-state index is 0.0225. The van der Waals surface area contributed by atoms with Crippen LogP contribution in [-0.4, -0.2) is 37.6 Å². The summed E-state index contributed by atoms with van der Waals surface area (Å²) in [6.07, 6.45) is 0.917. The first kappa shape index (κ1) is 17.5. The Kier molecular flexibility index (Phi) is 5.43. The normalized spacial score (nSPS) is 16.8. The second kappa shape index (κ2) is 7.74. The smallest absolute Gasteiger partial charge is 0.260 e. The number of methoxy groups -OCH3 is 1. The maximum atomic E-state index is 13.1. The first-order valence-corrected chi connectivity index (χ1v) is 8.44. The van der Waals surface area contributed by atoms with Crippen molar-refractivity contribution in [3.8, 4) is 11.5 Å². The summed E-state index contributed by atoms with van der Waals surface area (Å²) < 4.78 is 23.7. The van der Waals surface area contributed by atoms with Gasteiger partial charge in [-0.1, -0.05) is 23.7 Å². The predicted molar refractivity (Wildman–Crippen MR) is 93.8 cm³/mol. The number of hydrogen-bond acceptors (Lipinski definition) is 3. The average molecular weight is 364 g/mol. The number of carbonyl (C=O) groups excluding carboxylic acids is 1. The molecule has 0 radical (unpaired) electrons. The second-order valence-electron chi connectivity index (χ2n) is 5.96. The van der Waals surface area contributed by atoms with Gasteiger partial charge in [-0.3, -0.25) is 4.79 Å². The van der Waals surface area contributed by atoms with Gasteiger partial charge in [0.25, 0.3) is 5.91 Å². The van der Waals surface area contributed by atoms with Crippen LogP contribution >= 0.6 is 11.6 Å². The molecule has 0 bridgehead atoms. The third-order valence-electron chi connectivity index (χ3n) is 4.38. The maximum Gasteiger partial charge on any atom is 0.260 e. The van der Waals surface area contributed by atoms with Crippen LogP contribution in [0.4, 0.5) is 4.39 Å². The standard InChI is InChI=1S/C19H19ClFNO3/c1-24-15-4-2-13(3-5-15)14-8-9-22(11-14)19(23)12-25-16-6-7-18(21)17(20)10-16/h2-7,10,14H,8-9,11-12H2,1H3. The number of nitrogens with zero attached hydrogens (tertiary/aromatic N) is 1. The van der Waals surface area contributed by atoms with Gasteiger partial charge < -0.3 is 14.4 Å². The van der Waals surface area contributed by atoms with Crippen molar-refractivity contribution < 1.29 is 18.7 Å². The number of amides is 1. The third-order valence-corrected chi connectivity index (χ3v) is 4.67. The fourth-order valence-corrected chi connectivity index (χ4v) is 3.11. The summed E-state index contributed by atoms with van der Waals surface area (Å²) in [5.41, 5.74) is 1.20. The number of halogens is 2. The van der Waals surface area contributed by atoms with Gasteiger partial charge in [0.2, 0.25) is 0 Å². The molecule has 25 heavy (non-hydrogen) atoms. The summed E-state index contributed by atoms with van der Waals surface area (Å²) in [5, 5.41) is -0.0225. The van der Waals surface area contributed by atoms with Gasteiger partial charge in [0.15, 0.2) is 6.61 Å². The van der Waals surface area contributed by atoms with Crippen LogP contribution < -0.4 is 9.47 Å². The van der Waals surface area contributed by atoms with Crippen LogP contribution in [0, 0.1) is 5.82 Å². The van der Waals surface area contributed by atoms with E-state index in [9.17, 15) is 9.18 Å². The van der Waals surface area contributed by atoms with Crippen LogP contribution in [0.5, 0.6) is 11.5 Å². The van der Waals surface area contributed by atoms with E-state index in [1.807, 2.05) is 24.3 Å². The molecular weight excluding hydrogens is 345 g/mol. The molecule has 1 saturated heterocycles. The highest BCUT2D eigenvalue weighted by atomic mass is 35.5. The van der Waals surface area contributed by atoms with Gasteiger partial charge in [0.1, 0.15) is 17.3 Å². The molecule has 3 rings (SSSR count). The van der Waals surface area contributed by atoms with Crippen molar-refractivity contribution in [2.75, 3.05) is 26.8 Å². The highest BCUT2D eigenvalue weighted by molar-refractivity contribution is 6.30. The third kappa shape index (κ3) is 4.23. The highest BCUT2D eigenvalue weighted by Gasteiger charge is 2.27. The summed E-state index contributed by atoms with van der Waals surface area (Å²) >= 11 is 5.71. The van der Waals surface area contributed by atoms with Gasteiger partial charge >= 0.3 is 0 Å². The van der Waals surface area contributed by atoms with Crippen molar-refractivity contribution >= 4 is 17.5 Å². The molecule has 1 amide bonds. The highest BCUT2D eigenvalue weighted by Crippen LogP contribution is 2.28. The zero-order chi connectivity index (χ0) is 17.8. The Hall–Kier alpha value is -2.27. The monoisotopic (exact) mass is 363 g/mol. The van der Waals surface area contributed by atoms with Crippen LogP contribution in [-0.2, 0) is 4.79 Å². The molecule has 0 spiro atoms. The molecule has 0 aromatic heterocycles. The average Bonchev–Trinajstić information content (AvgIpc) is 3.13. The number of carbonyl (C=O) groups is 1. The number of benzene rings is 2. The number of rotatable bonds is 5. The van der Waals surface area contributed by atoms with Gasteiger partial charge in [-0.25, -0.2) is 4.39 Å². The molecule has 6 heteroatoms. The summed E-state index contributed by atoms with van der Waals surface area (Å²) in [4.78, 5) is 14.1. The lowest BCUT2D eigenvalue weighted by Crippen LogP contribution is -2.32. The molecule has 1 aliphatic heterocycles. The molecular formula is C19H19ClFNO3. The summed E-state index contributed by atoms with van der Waals surface area (Å²) in [7, 11) is 1.64. The summed E-state index contributed by atoms with van der Waals surface area (Å²) in [6.45, 7) is 1.28. The number of ether oxygens (including phenoxy) is 2. The van der Waals surface area contributed by atoms with Gasteiger partial charge in [0, 0.05) is 25.1 Å². The van der Waals surface area contributed by atoms with E-state index in [0.717, 1.165) is 12.2 Å². The molecule has 0 N–H and O–H groups in total. The molecule has 1 aliphatic rings. The van der Waals surface area contributed by atoms with Crippen molar-refractivity contribution in [1.82, 2.24) is 4.90 Å². The van der Waals surface area contributed by atoms with E-state index in [-0.39, 0.29) is 17.5 Å². The fraction of sp³-hybridized carbons (Fsp3) is 0.316. The minimum atomic E-state index is -0.512. The van der Waals surface area contributed by atoms with E-state index in [1.165, 1.54) is 23.8 Å². The lowest BCUT2D eigenvalue weighted by atomic mass is 9.98. The van der Waals surface area contributed by atoms with Crippen LogP contribution in [0.2, 0.25) is 5.02 Å². The first-order chi connectivity index (χ1) is 12.1. The van der Waals surface area contributed by atoms with Gasteiger partial charge in [-0.2, -0.15) is 0 Å². The Balaban J connectivity index is 1.54. The molecule has 1 unspecified atom stereocenters. The molecule has 0 aliphatic carbocycles. The van der Waals surface area contributed by atoms with Crippen molar-refractivity contribution in [3.05, 3.63) is 58.9 Å². The van der Waals surface area contributed by atoms with E-state index < -0.39 is 5.82 Å². The Morgan fingerprint density at radius 3 is 2.64 bits per heavy atom. The van der Waals surface area contributed by atoms with Crippen molar-refractivity contribution in [2.24, 2.45) is 0 Å². The Bertz CT molecular complexity index is 751. The number of likely N-dealkylation sites (tertiary alicyclic amines) is 1. The molecule has 1 heterocycles. The molecule has 4 nitrogen and oxygen atoms in total. The number of hydrogen-bond donors (Lipinski definition) is 0. The SMILES string of the molecule is COc1ccc(C2CCN(C(=O)COc3ccc(F)c(Cl)c3)C2)cc1. The lowest BCUT2D eigenvalue weighted by molar-refractivity contribution is -0.132. The Labute approximate surface area is 151 Å². The Morgan fingerprint density at radius 1 is 1.24 bits per heavy atom. The summed E-state index contributed by atoms with van der Waals surface area (Å²) in [5.74, 6) is 0.917. The van der Waals surface area contributed by atoms with Crippen LogP contribution in [0.1, 0.15) is 17.9 Å². The molecule has 132 valence electrons. The van der Waals surface area contributed by atoms with Gasteiger partial charge in [-0.15, -0.1) is 0 Å². The zero-order valence-electron chi connectivity index (χ0n) is 13.9. The van der Waals surface area contributed by atoms with Gasteiger partial charge in [0.05, 0.1) is 12.1 Å². The summed E-state index contributed by atoms with van der Waals surface area (Å²) in [6, 6.07) is 12.0. The van der Waals surface area contributed by atoms with E-state index in [2.05, 4.69) is 0 Å². The minimum Gasteiger partial charge on any atom is -0.497 e. The predicted octanol–water partition coefficient (Wildman–Crippen LogP) is 3.88. The van der Waals surface area contributed by atoms with E-state index >= 15 is 0 Å². The quantitative estimate of drug-likeness (QED) is 0.809. The molecule has 2 aromatic carbocycles. The molecule has 1 atom stereocenters. The lowest BCUT2D eigenvalue weighted by Gasteiger charge is -2.17. The van der Waals surface area contributed by atoms with Crippen molar-refractivity contribution in [2.45, 2.75) is 12.3 Å². The van der Waals surface area contributed by atoms with E-state index in [1.54, 1.807) is 12.0 Å².